The zero-order chi connectivity index (χ0) is 11.0. The van der Waals surface area contributed by atoms with Crippen LogP contribution in [0.4, 0.5) is 4.39 Å². The SMILES string of the molecule is Cl.Fc1cncc(CN2C[C@H]3CNC[C@H]3C2)c1. The summed E-state index contributed by atoms with van der Waals surface area (Å²) in [4.78, 5) is 6.29. The number of pyridine rings is 1. The first-order valence-electron chi connectivity index (χ1n) is 5.84. The second-order valence-electron chi connectivity index (χ2n) is 4.88. The zero-order valence-electron chi connectivity index (χ0n) is 9.60. The van der Waals surface area contributed by atoms with Gasteiger partial charge in [-0.1, -0.05) is 0 Å². The second-order valence-corrected chi connectivity index (χ2v) is 4.88. The van der Waals surface area contributed by atoms with Crippen molar-refractivity contribution in [3.05, 3.63) is 29.8 Å². The maximum Gasteiger partial charge on any atom is 0.141 e. The van der Waals surface area contributed by atoms with Crippen LogP contribution in [-0.4, -0.2) is 36.1 Å². The van der Waals surface area contributed by atoms with Gasteiger partial charge in [0.2, 0.25) is 0 Å². The molecule has 0 aliphatic carbocycles. The van der Waals surface area contributed by atoms with E-state index in [0.29, 0.717) is 0 Å². The molecule has 1 aromatic heterocycles. The lowest BCUT2D eigenvalue weighted by Gasteiger charge is -2.16. The first-order valence-corrected chi connectivity index (χ1v) is 5.84. The summed E-state index contributed by atoms with van der Waals surface area (Å²) in [6.07, 6.45) is 3.02. The molecule has 3 nitrogen and oxygen atoms in total. The maximum atomic E-state index is 13.0. The summed E-state index contributed by atoms with van der Waals surface area (Å²) in [5.41, 5.74) is 0.980. The second kappa shape index (κ2) is 5.29. The topological polar surface area (TPSA) is 28.2 Å². The van der Waals surface area contributed by atoms with E-state index in [2.05, 4.69) is 15.2 Å². The van der Waals surface area contributed by atoms with Crippen LogP contribution in [0.3, 0.4) is 0 Å². The first kappa shape index (κ1) is 12.7. The molecule has 0 radical (unpaired) electrons. The molecule has 0 spiro atoms. The Morgan fingerprint density at radius 1 is 1.29 bits per heavy atom. The predicted molar refractivity (Wildman–Crippen MR) is 66.6 cm³/mol. The van der Waals surface area contributed by atoms with Crippen LogP contribution in [0.15, 0.2) is 18.5 Å². The molecule has 17 heavy (non-hydrogen) atoms. The standard InChI is InChI=1S/C12H16FN3.ClH/c13-12-1-9(2-14-5-12)6-16-7-10-3-15-4-11(10)8-16;/h1-2,5,10-11,15H,3-4,6-8H2;1H/t10-,11+;. The van der Waals surface area contributed by atoms with E-state index in [0.717, 1.165) is 50.1 Å². The van der Waals surface area contributed by atoms with Crippen LogP contribution in [0.2, 0.25) is 0 Å². The molecule has 2 aliphatic rings. The highest BCUT2D eigenvalue weighted by molar-refractivity contribution is 5.85. The zero-order valence-corrected chi connectivity index (χ0v) is 10.4. The largest absolute Gasteiger partial charge is 0.316 e. The van der Waals surface area contributed by atoms with Crippen molar-refractivity contribution in [2.45, 2.75) is 6.54 Å². The van der Waals surface area contributed by atoms with Crippen molar-refractivity contribution in [1.82, 2.24) is 15.2 Å². The van der Waals surface area contributed by atoms with E-state index in [1.54, 1.807) is 12.3 Å². The highest BCUT2D eigenvalue weighted by atomic mass is 35.5. The highest BCUT2D eigenvalue weighted by Crippen LogP contribution is 2.27. The number of aromatic nitrogens is 1. The number of nitrogens with zero attached hydrogens (tertiary/aromatic N) is 2. The van der Waals surface area contributed by atoms with E-state index in [-0.39, 0.29) is 18.2 Å². The summed E-state index contributed by atoms with van der Waals surface area (Å²) in [6, 6.07) is 1.58. The Bertz CT molecular complexity index is 376. The molecular weight excluding hydrogens is 241 g/mol. The summed E-state index contributed by atoms with van der Waals surface area (Å²) in [5, 5.41) is 3.42. The van der Waals surface area contributed by atoms with Crippen LogP contribution in [0.5, 0.6) is 0 Å². The minimum absolute atomic E-state index is 0. The van der Waals surface area contributed by atoms with Gasteiger partial charge in [0, 0.05) is 25.8 Å². The number of fused-ring (bicyclic) bond motifs is 1. The van der Waals surface area contributed by atoms with Crippen LogP contribution in [0.1, 0.15) is 5.56 Å². The molecule has 3 rings (SSSR count). The van der Waals surface area contributed by atoms with Crippen LogP contribution in [0.25, 0.3) is 0 Å². The molecule has 1 aromatic rings. The van der Waals surface area contributed by atoms with E-state index >= 15 is 0 Å². The Morgan fingerprint density at radius 3 is 2.65 bits per heavy atom. The molecule has 0 unspecified atom stereocenters. The van der Waals surface area contributed by atoms with E-state index in [1.807, 2.05) is 0 Å². The van der Waals surface area contributed by atoms with Gasteiger partial charge in [-0.2, -0.15) is 0 Å². The summed E-state index contributed by atoms with van der Waals surface area (Å²) in [7, 11) is 0. The minimum atomic E-state index is -0.237. The van der Waals surface area contributed by atoms with Gasteiger partial charge in [0.25, 0.3) is 0 Å². The molecule has 0 amide bonds. The fraction of sp³-hybridized carbons (Fsp3) is 0.583. The lowest BCUT2D eigenvalue weighted by molar-refractivity contribution is 0.305. The van der Waals surface area contributed by atoms with Crippen molar-refractivity contribution in [3.8, 4) is 0 Å². The minimum Gasteiger partial charge on any atom is -0.316 e. The molecule has 1 N–H and O–H groups in total. The molecule has 2 fully saturated rings. The molecule has 0 aromatic carbocycles. The summed E-state index contributed by atoms with van der Waals surface area (Å²) in [6.45, 7) is 5.38. The smallest absolute Gasteiger partial charge is 0.141 e. The van der Waals surface area contributed by atoms with Gasteiger partial charge < -0.3 is 5.32 Å². The quantitative estimate of drug-likeness (QED) is 0.866. The Hall–Kier alpha value is -0.710. The van der Waals surface area contributed by atoms with Gasteiger partial charge in [0.05, 0.1) is 6.20 Å². The normalized spacial score (nSPS) is 27.8. The molecular formula is C12H17ClFN3. The van der Waals surface area contributed by atoms with Crippen molar-refractivity contribution >= 4 is 12.4 Å². The molecule has 2 atom stereocenters. The summed E-state index contributed by atoms with van der Waals surface area (Å²) < 4.78 is 13.0. The lowest BCUT2D eigenvalue weighted by Crippen LogP contribution is -2.25. The number of hydrogen-bond donors (Lipinski definition) is 1. The van der Waals surface area contributed by atoms with Gasteiger partial charge >= 0.3 is 0 Å². The van der Waals surface area contributed by atoms with Crippen molar-refractivity contribution < 1.29 is 4.39 Å². The molecule has 2 aliphatic heterocycles. The van der Waals surface area contributed by atoms with Crippen molar-refractivity contribution in [1.29, 1.82) is 0 Å². The van der Waals surface area contributed by atoms with Gasteiger partial charge in [-0.15, -0.1) is 12.4 Å². The molecule has 0 bridgehead atoms. The fourth-order valence-corrected chi connectivity index (χ4v) is 2.88. The molecule has 5 heteroatoms. The number of hydrogen-bond acceptors (Lipinski definition) is 3. The molecule has 2 saturated heterocycles. The average Bonchev–Trinajstić information content (AvgIpc) is 2.77. The lowest BCUT2D eigenvalue weighted by atomic mass is 10.0. The summed E-state index contributed by atoms with van der Waals surface area (Å²) in [5.74, 6) is 1.35. The average molecular weight is 258 g/mol. The van der Waals surface area contributed by atoms with Crippen LogP contribution < -0.4 is 5.32 Å². The fourth-order valence-electron chi connectivity index (χ4n) is 2.88. The van der Waals surface area contributed by atoms with Crippen molar-refractivity contribution in [2.24, 2.45) is 11.8 Å². The number of halogens is 2. The third kappa shape index (κ3) is 2.76. The molecule has 0 saturated carbocycles. The maximum absolute atomic E-state index is 13.0. The Labute approximate surface area is 107 Å². The molecule has 3 heterocycles. The third-order valence-electron chi connectivity index (χ3n) is 3.63. The van der Waals surface area contributed by atoms with E-state index in [9.17, 15) is 4.39 Å². The third-order valence-corrected chi connectivity index (χ3v) is 3.63. The van der Waals surface area contributed by atoms with Crippen molar-refractivity contribution in [2.75, 3.05) is 26.2 Å². The Kier molecular flexibility index (Phi) is 3.97. The van der Waals surface area contributed by atoms with Gasteiger partial charge in [-0.3, -0.25) is 9.88 Å². The van der Waals surface area contributed by atoms with Gasteiger partial charge in [-0.25, -0.2) is 4.39 Å². The number of rotatable bonds is 2. The first-order chi connectivity index (χ1) is 7.81. The Balaban J connectivity index is 0.00000108. The van der Waals surface area contributed by atoms with E-state index < -0.39 is 0 Å². The molecule has 94 valence electrons. The Morgan fingerprint density at radius 2 is 2.00 bits per heavy atom. The van der Waals surface area contributed by atoms with Crippen molar-refractivity contribution in [3.63, 3.8) is 0 Å². The highest BCUT2D eigenvalue weighted by Gasteiger charge is 2.35. The van der Waals surface area contributed by atoms with Gasteiger partial charge in [0.1, 0.15) is 5.82 Å². The predicted octanol–water partition coefficient (Wildman–Crippen LogP) is 1.29. The van der Waals surface area contributed by atoms with Gasteiger partial charge in [-0.05, 0) is 36.6 Å². The van der Waals surface area contributed by atoms with Crippen LogP contribution >= 0.6 is 12.4 Å². The van der Waals surface area contributed by atoms with E-state index in [1.165, 1.54) is 6.20 Å². The van der Waals surface area contributed by atoms with Gasteiger partial charge in [0.15, 0.2) is 0 Å². The van der Waals surface area contributed by atoms with E-state index in [4.69, 9.17) is 0 Å². The van der Waals surface area contributed by atoms with Crippen LogP contribution in [0, 0.1) is 17.7 Å². The summed E-state index contributed by atoms with van der Waals surface area (Å²) >= 11 is 0. The number of likely N-dealkylation sites (tertiary alicyclic amines) is 1. The number of nitrogens with one attached hydrogen (secondary N) is 1. The van der Waals surface area contributed by atoms with Crippen LogP contribution in [-0.2, 0) is 6.54 Å². The monoisotopic (exact) mass is 257 g/mol.